The maximum Gasteiger partial charge on any atom is 0.133 e. The molecular weight excluding hydrogens is 112 g/mol. The Morgan fingerprint density at radius 1 is 1.33 bits per heavy atom. The van der Waals surface area contributed by atoms with Crippen LogP contribution in [0.2, 0.25) is 0 Å². The van der Waals surface area contributed by atoms with Crippen molar-refractivity contribution in [3.63, 3.8) is 0 Å². The number of carbonyl (C=O) groups excluding carboxylic acids is 1. The lowest BCUT2D eigenvalue weighted by Crippen LogP contribution is -1.98. The van der Waals surface area contributed by atoms with E-state index < -0.39 is 0 Å². The Morgan fingerprint density at radius 3 is 2.22 bits per heavy atom. The minimum atomic E-state index is 0.435. The van der Waals surface area contributed by atoms with Crippen molar-refractivity contribution in [3.8, 4) is 0 Å². The quantitative estimate of drug-likeness (QED) is 0.519. The molecule has 2 aliphatic rings. The van der Waals surface area contributed by atoms with Crippen molar-refractivity contribution in [3.05, 3.63) is 0 Å². The van der Waals surface area contributed by atoms with Crippen LogP contribution in [0.1, 0.15) is 26.2 Å². The van der Waals surface area contributed by atoms with E-state index in [1.165, 1.54) is 19.3 Å². The van der Waals surface area contributed by atoms with Gasteiger partial charge in [-0.1, -0.05) is 6.42 Å². The van der Waals surface area contributed by atoms with Crippen molar-refractivity contribution in [2.75, 3.05) is 0 Å². The summed E-state index contributed by atoms with van der Waals surface area (Å²) in [6, 6.07) is 0. The molecule has 0 aromatic rings. The topological polar surface area (TPSA) is 17.1 Å². The third-order valence-electron chi connectivity index (χ3n) is 2.88. The molecule has 2 saturated carbocycles. The summed E-state index contributed by atoms with van der Waals surface area (Å²) in [7, 11) is 0. The van der Waals surface area contributed by atoms with Gasteiger partial charge in [-0.05, 0) is 31.6 Å². The standard InChI is InChI=1S/C8H12O/c1-5(9)8-6-3-2-4-7(6)8/h6-8H,2-4H2,1H3/t6-,7+,8?. The minimum Gasteiger partial charge on any atom is -0.300 e. The molecule has 0 aromatic carbocycles. The van der Waals surface area contributed by atoms with Gasteiger partial charge >= 0.3 is 0 Å². The highest BCUT2D eigenvalue weighted by Gasteiger charge is 2.54. The van der Waals surface area contributed by atoms with E-state index >= 15 is 0 Å². The predicted octanol–water partition coefficient (Wildman–Crippen LogP) is 1.62. The molecule has 0 bridgehead atoms. The molecule has 0 N–H and O–H groups in total. The maximum absolute atomic E-state index is 10.8. The molecule has 2 aliphatic carbocycles. The fourth-order valence-corrected chi connectivity index (χ4v) is 2.42. The normalized spacial score (nSPS) is 46.6. The lowest BCUT2D eigenvalue weighted by atomic mass is 10.1. The number of hydrogen-bond donors (Lipinski definition) is 0. The lowest BCUT2D eigenvalue weighted by molar-refractivity contribution is -0.118. The SMILES string of the molecule is CC(=O)C1[C@H]2CCC[C@@H]12. The van der Waals surface area contributed by atoms with Crippen molar-refractivity contribution in [1.29, 1.82) is 0 Å². The van der Waals surface area contributed by atoms with Crippen LogP contribution in [-0.4, -0.2) is 5.78 Å². The molecule has 2 rings (SSSR count). The van der Waals surface area contributed by atoms with Crippen LogP contribution in [-0.2, 0) is 4.79 Å². The van der Waals surface area contributed by atoms with Crippen molar-refractivity contribution < 1.29 is 4.79 Å². The summed E-state index contributed by atoms with van der Waals surface area (Å²) in [6.07, 6.45) is 4.03. The summed E-state index contributed by atoms with van der Waals surface area (Å²) in [4.78, 5) is 10.8. The van der Waals surface area contributed by atoms with E-state index in [9.17, 15) is 4.79 Å². The van der Waals surface area contributed by atoms with Gasteiger partial charge in [0.05, 0.1) is 0 Å². The van der Waals surface area contributed by atoms with Gasteiger partial charge in [-0.3, -0.25) is 4.79 Å². The highest BCUT2D eigenvalue weighted by Crippen LogP contribution is 2.57. The molecule has 0 saturated heterocycles. The molecule has 9 heavy (non-hydrogen) atoms. The molecule has 0 spiro atoms. The van der Waals surface area contributed by atoms with Crippen LogP contribution in [0.15, 0.2) is 0 Å². The summed E-state index contributed by atoms with van der Waals surface area (Å²) >= 11 is 0. The van der Waals surface area contributed by atoms with Gasteiger partial charge in [-0.15, -0.1) is 0 Å². The Morgan fingerprint density at radius 2 is 1.89 bits per heavy atom. The van der Waals surface area contributed by atoms with Gasteiger partial charge in [0.1, 0.15) is 5.78 Å². The summed E-state index contributed by atoms with van der Waals surface area (Å²) in [5.41, 5.74) is 0. The Hall–Kier alpha value is -0.330. The van der Waals surface area contributed by atoms with Gasteiger partial charge in [-0.2, -0.15) is 0 Å². The first-order chi connectivity index (χ1) is 4.30. The lowest BCUT2D eigenvalue weighted by Gasteiger charge is -1.94. The van der Waals surface area contributed by atoms with Crippen LogP contribution >= 0.6 is 0 Å². The summed E-state index contributed by atoms with van der Waals surface area (Å²) in [5.74, 6) is 2.58. The summed E-state index contributed by atoms with van der Waals surface area (Å²) < 4.78 is 0. The first-order valence-corrected chi connectivity index (χ1v) is 3.81. The van der Waals surface area contributed by atoms with Crippen molar-refractivity contribution in [1.82, 2.24) is 0 Å². The van der Waals surface area contributed by atoms with Crippen LogP contribution < -0.4 is 0 Å². The highest BCUT2D eigenvalue weighted by molar-refractivity contribution is 5.82. The van der Waals surface area contributed by atoms with E-state index in [1.54, 1.807) is 6.92 Å². The van der Waals surface area contributed by atoms with Crippen LogP contribution in [0.4, 0.5) is 0 Å². The largest absolute Gasteiger partial charge is 0.300 e. The van der Waals surface area contributed by atoms with Crippen molar-refractivity contribution >= 4 is 5.78 Å². The highest BCUT2D eigenvalue weighted by atomic mass is 16.1. The van der Waals surface area contributed by atoms with Gasteiger partial charge in [0, 0.05) is 5.92 Å². The molecule has 3 atom stereocenters. The third-order valence-corrected chi connectivity index (χ3v) is 2.88. The number of Topliss-reactive ketones (excluding diaryl/α,β-unsaturated/α-hetero) is 1. The van der Waals surface area contributed by atoms with E-state index in [0.29, 0.717) is 11.7 Å². The zero-order chi connectivity index (χ0) is 6.43. The molecule has 0 amide bonds. The number of ketones is 1. The average molecular weight is 124 g/mol. The number of fused-ring (bicyclic) bond motifs is 1. The first-order valence-electron chi connectivity index (χ1n) is 3.81. The van der Waals surface area contributed by atoms with E-state index in [2.05, 4.69) is 0 Å². The van der Waals surface area contributed by atoms with Crippen molar-refractivity contribution in [2.24, 2.45) is 17.8 Å². The van der Waals surface area contributed by atoms with Gasteiger partial charge in [0.15, 0.2) is 0 Å². The van der Waals surface area contributed by atoms with Crippen LogP contribution in [0, 0.1) is 17.8 Å². The Balaban J connectivity index is 2.02. The molecule has 0 radical (unpaired) electrons. The summed E-state index contributed by atoms with van der Waals surface area (Å²) in [5, 5.41) is 0. The van der Waals surface area contributed by atoms with E-state index in [-0.39, 0.29) is 0 Å². The molecule has 0 aromatic heterocycles. The van der Waals surface area contributed by atoms with Crippen LogP contribution in [0.5, 0.6) is 0 Å². The second-order valence-electron chi connectivity index (χ2n) is 3.40. The van der Waals surface area contributed by atoms with Gasteiger partial charge in [0.2, 0.25) is 0 Å². The zero-order valence-electron chi connectivity index (χ0n) is 5.76. The molecule has 0 aliphatic heterocycles. The van der Waals surface area contributed by atoms with Crippen LogP contribution in [0.25, 0.3) is 0 Å². The molecule has 1 heteroatoms. The number of hydrogen-bond acceptors (Lipinski definition) is 1. The van der Waals surface area contributed by atoms with E-state index in [4.69, 9.17) is 0 Å². The maximum atomic E-state index is 10.8. The number of carbonyl (C=O) groups is 1. The van der Waals surface area contributed by atoms with Crippen LogP contribution in [0.3, 0.4) is 0 Å². The molecule has 50 valence electrons. The number of rotatable bonds is 1. The second-order valence-corrected chi connectivity index (χ2v) is 3.40. The first kappa shape index (κ1) is 5.45. The Kier molecular flexibility index (Phi) is 0.961. The van der Waals surface area contributed by atoms with Gasteiger partial charge < -0.3 is 0 Å². The molecule has 2 fully saturated rings. The second kappa shape index (κ2) is 1.59. The smallest absolute Gasteiger partial charge is 0.133 e. The minimum absolute atomic E-state index is 0.435. The zero-order valence-corrected chi connectivity index (χ0v) is 5.76. The van der Waals surface area contributed by atoms with E-state index in [0.717, 1.165) is 11.8 Å². The monoisotopic (exact) mass is 124 g/mol. The Bertz CT molecular complexity index is 141. The Labute approximate surface area is 55.4 Å². The van der Waals surface area contributed by atoms with Gasteiger partial charge in [-0.25, -0.2) is 0 Å². The van der Waals surface area contributed by atoms with Crippen molar-refractivity contribution in [2.45, 2.75) is 26.2 Å². The fraction of sp³-hybridized carbons (Fsp3) is 0.875. The van der Waals surface area contributed by atoms with E-state index in [1.807, 2.05) is 0 Å². The molecule has 1 unspecified atom stereocenters. The molecular formula is C8H12O. The molecule has 1 nitrogen and oxygen atoms in total. The fourth-order valence-electron chi connectivity index (χ4n) is 2.42. The average Bonchev–Trinajstić information content (AvgIpc) is 2.30. The third kappa shape index (κ3) is 0.637. The molecule has 0 heterocycles. The summed E-state index contributed by atoms with van der Waals surface area (Å²) in [6.45, 7) is 1.74. The predicted molar refractivity (Wildman–Crippen MR) is 35.0 cm³/mol. The van der Waals surface area contributed by atoms with Gasteiger partial charge in [0.25, 0.3) is 0 Å².